The van der Waals surface area contributed by atoms with E-state index in [9.17, 15) is 30.0 Å². The van der Waals surface area contributed by atoms with Gasteiger partial charge in [-0.3, -0.25) is 0 Å². The molecule has 0 amide bonds. The lowest BCUT2D eigenvalue weighted by atomic mass is 9.34. The fraction of sp³-hybridized carbons (Fsp3) is 0.867. The lowest BCUT2D eigenvalue weighted by Gasteiger charge is -2.73. The Labute approximate surface area is 322 Å². The smallest absolute Gasteiger partial charge is 0.331 e. The lowest BCUT2D eigenvalue weighted by Crippen LogP contribution is -2.82. The summed E-state index contributed by atoms with van der Waals surface area (Å²) in [6, 6.07) is 0. The minimum absolute atomic E-state index is 0.116. The van der Waals surface area contributed by atoms with Gasteiger partial charge in [-0.25, -0.2) is 4.79 Å². The number of nitrogens with one attached hydrogen (secondary N) is 1. The van der Waals surface area contributed by atoms with Gasteiger partial charge in [0.25, 0.3) is 0 Å². The van der Waals surface area contributed by atoms with E-state index in [4.69, 9.17) is 9.47 Å². The van der Waals surface area contributed by atoms with Gasteiger partial charge in [0.15, 0.2) is 0 Å². The molecule has 0 aromatic rings. The third-order valence-electron chi connectivity index (χ3n) is 18.7. The van der Waals surface area contributed by atoms with Crippen molar-refractivity contribution in [2.45, 2.75) is 152 Å². The second-order valence-electron chi connectivity index (χ2n) is 20.5. The molecule has 0 radical (unpaired) electrons. The van der Waals surface area contributed by atoms with E-state index in [1.54, 1.807) is 13.2 Å². The van der Waals surface area contributed by atoms with Gasteiger partial charge in [0, 0.05) is 43.6 Å². The second kappa shape index (κ2) is 13.2. The van der Waals surface area contributed by atoms with Gasteiger partial charge in [-0.15, -0.1) is 0 Å². The summed E-state index contributed by atoms with van der Waals surface area (Å²) in [4.78, 5) is 27.3. The van der Waals surface area contributed by atoms with Gasteiger partial charge in [0.05, 0.1) is 22.7 Å². The zero-order valence-corrected chi connectivity index (χ0v) is 33.1. The van der Waals surface area contributed by atoms with Crippen LogP contribution in [0.3, 0.4) is 0 Å². The van der Waals surface area contributed by atoms with E-state index in [2.05, 4.69) is 25.2 Å². The monoisotopic (exact) mass is 749 g/mol. The molecule has 7 fully saturated rings. The summed E-state index contributed by atoms with van der Waals surface area (Å²) in [5.41, 5.74) is -5.31. The average molecular weight is 750 g/mol. The predicted molar refractivity (Wildman–Crippen MR) is 203 cm³/mol. The van der Waals surface area contributed by atoms with Gasteiger partial charge in [-0.2, -0.15) is 0 Å². The number of rotatable bonds is 9. The van der Waals surface area contributed by atoms with E-state index in [1.807, 2.05) is 0 Å². The quantitative estimate of drug-likeness (QED) is 0.0903. The average Bonchev–Trinajstić information content (AvgIpc) is 3.94. The minimum Gasteiger partial charge on any atom is -0.450 e. The van der Waals surface area contributed by atoms with Gasteiger partial charge in [-0.1, -0.05) is 58.4 Å². The van der Waals surface area contributed by atoms with Crippen molar-refractivity contribution >= 4 is 12.3 Å². The van der Waals surface area contributed by atoms with Crippen LogP contribution in [0, 0.1) is 63.6 Å². The Bertz CT molecular complexity index is 1570. The molecule has 9 aliphatic rings. The number of aliphatic hydroxyl groups excluding tert-OH is 1. The third kappa shape index (κ3) is 4.90. The summed E-state index contributed by atoms with van der Waals surface area (Å²) >= 11 is 0. The van der Waals surface area contributed by atoms with Gasteiger partial charge in [-0.05, 0) is 129 Å². The second-order valence-corrected chi connectivity index (χ2v) is 20.5. The molecule has 7 saturated carbocycles. The molecule has 0 bridgehead atoms. The fourth-order valence-electron chi connectivity index (χ4n) is 16.3. The van der Waals surface area contributed by atoms with E-state index in [1.165, 1.54) is 25.7 Å². The number of aldehydes is 1. The number of methoxy groups -OCH3 is 1. The summed E-state index contributed by atoms with van der Waals surface area (Å²) in [6.07, 6.45) is 17.5. The molecule has 0 aromatic heterocycles. The molecule has 0 aromatic carbocycles. The SMILES string of the molecule is COCCCNCC1=C[C@@H]2C[C@@]3(O)[C@](C)(CC[C@H]4[C@@]3(O)C[C@@H]3C[C@@H]([C@@H](C)C5CCCC5)CC[C@H]5[C@@H](O)C6(CCCC6)C[C@@]4(C=O)[C@]35O)[C@H]2C2=CC(=O)O[C@@H]12. The molecule has 300 valence electrons. The molecule has 9 heteroatoms. The highest BCUT2D eigenvalue weighted by molar-refractivity contribution is 5.87. The Hall–Kier alpha value is -1.62. The Morgan fingerprint density at radius 3 is 2.50 bits per heavy atom. The maximum absolute atomic E-state index is 14.3. The zero-order valence-electron chi connectivity index (χ0n) is 33.1. The standard InChI is InChI=1S/C45H67NO8/c1-27(28-9-4-5-10-28)29-11-12-34-39(49)41(14-6-7-15-41)25-42(26-47)35-13-16-40(2)37-30(22-44(40,51)43(35,50)23-32(20-29)45(34,42)52)19-31(24-46-17-8-18-53-3)38-33(37)21-36(48)54-38/h19,21,26-30,32,34-35,37-39,46,49-52H,4-18,20,22-25H2,1-3H3/t27-,29-,30+,32-,34-,35+,37+,38-,39+,40+,42-,43-,44+,45-/m0/s1. The molecule has 0 unspecified atom stereocenters. The third-order valence-corrected chi connectivity index (χ3v) is 18.7. The molecular formula is C45H67NO8. The fourth-order valence-corrected chi connectivity index (χ4v) is 16.3. The Kier molecular flexibility index (Phi) is 9.27. The number of hydrogen-bond donors (Lipinski definition) is 5. The molecular weight excluding hydrogens is 682 g/mol. The number of esters is 1. The van der Waals surface area contributed by atoms with Crippen molar-refractivity contribution in [2.24, 2.45) is 63.6 Å². The van der Waals surface area contributed by atoms with Crippen LogP contribution < -0.4 is 5.32 Å². The van der Waals surface area contributed by atoms with Crippen molar-refractivity contribution in [1.29, 1.82) is 0 Å². The van der Waals surface area contributed by atoms with Crippen molar-refractivity contribution < 1.29 is 39.5 Å². The first-order chi connectivity index (χ1) is 25.8. The van der Waals surface area contributed by atoms with Gasteiger partial charge < -0.3 is 40.0 Å². The minimum atomic E-state index is -1.64. The first-order valence-electron chi connectivity index (χ1n) is 22.0. The number of fused-ring (bicyclic) bond motifs is 8. The number of ether oxygens (including phenoxy) is 2. The Balaban J connectivity index is 1.14. The van der Waals surface area contributed by atoms with Gasteiger partial charge in [0.1, 0.15) is 18.0 Å². The van der Waals surface area contributed by atoms with E-state index in [0.717, 1.165) is 62.5 Å². The lowest BCUT2D eigenvalue weighted by molar-refractivity contribution is -0.352. The van der Waals surface area contributed by atoms with Crippen LogP contribution in [0.2, 0.25) is 0 Å². The first kappa shape index (κ1) is 37.9. The molecule has 0 saturated heterocycles. The molecule has 54 heavy (non-hydrogen) atoms. The highest BCUT2D eigenvalue weighted by Gasteiger charge is 2.83. The summed E-state index contributed by atoms with van der Waals surface area (Å²) in [6.45, 7) is 6.48. The van der Waals surface area contributed by atoms with Crippen LogP contribution in [0.25, 0.3) is 0 Å². The van der Waals surface area contributed by atoms with Crippen LogP contribution in [0.4, 0.5) is 0 Å². The van der Waals surface area contributed by atoms with E-state index < -0.39 is 63.0 Å². The summed E-state index contributed by atoms with van der Waals surface area (Å²) in [5, 5.41) is 57.2. The predicted octanol–water partition coefficient (Wildman–Crippen LogP) is 5.42. The highest BCUT2D eigenvalue weighted by Crippen LogP contribution is 2.78. The summed E-state index contributed by atoms with van der Waals surface area (Å²) in [7, 11) is 1.69. The molecule has 1 aliphatic heterocycles. The van der Waals surface area contributed by atoms with Crippen LogP contribution in [0.15, 0.2) is 23.3 Å². The molecule has 1 heterocycles. The summed E-state index contributed by atoms with van der Waals surface area (Å²) < 4.78 is 11.2. The Morgan fingerprint density at radius 1 is 1.02 bits per heavy atom. The normalized spacial score (nSPS) is 49.5. The molecule has 1 spiro atoms. The van der Waals surface area contributed by atoms with Gasteiger partial charge >= 0.3 is 5.97 Å². The van der Waals surface area contributed by atoms with Crippen LogP contribution in [0.1, 0.15) is 123 Å². The van der Waals surface area contributed by atoms with Crippen molar-refractivity contribution in [2.75, 3.05) is 26.8 Å². The van der Waals surface area contributed by atoms with Crippen molar-refractivity contribution in [3.05, 3.63) is 23.3 Å². The maximum atomic E-state index is 14.3. The van der Waals surface area contributed by atoms with Crippen LogP contribution in [0.5, 0.6) is 0 Å². The number of hydrogen-bond acceptors (Lipinski definition) is 9. The van der Waals surface area contributed by atoms with E-state index >= 15 is 0 Å². The highest BCUT2D eigenvalue weighted by atomic mass is 16.5. The zero-order chi connectivity index (χ0) is 37.9. The molecule has 5 N–H and O–H groups in total. The molecule has 9 rings (SSSR count). The molecule has 14 atom stereocenters. The molecule has 9 nitrogen and oxygen atoms in total. The van der Waals surface area contributed by atoms with Crippen LogP contribution in [-0.4, -0.2) is 88.5 Å². The Morgan fingerprint density at radius 2 is 1.78 bits per heavy atom. The van der Waals surface area contributed by atoms with E-state index in [0.29, 0.717) is 69.4 Å². The maximum Gasteiger partial charge on any atom is 0.331 e. The topological polar surface area (TPSA) is 146 Å². The number of carbonyl (C=O) groups excluding carboxylic acids is 2. The number of aliphatic hydroxyl groups is 4. The largest absolute Gasteiger partial charge is 0.450 e. The van der Waals surface area contributed by atoms with Crippen LogP contribution in [-0.2, 0) is 19.1 Å². The van der Waals surface area contributed by atoms with Crippen molar-refractivity contribution in [3.63, 3.8) is 0 Å². The first-order valence-corrected chi connectivity index (χ1v) is 22.0. The summed E-state index contributed by atoms with van der Waals surface area (Å²) in [5.74, 6) is -0.771. The van der Waals surface area contributed by atoms with Gasteiger partial charge in [0.2, 0.25) is 0 Å². The van der Waals surface area contributed by atoms with E-state index in [-0.39, 0.29) is 24.2 Å². The van der Waals surface area contributed by atoms with Crippen LogP contribution >= 0.6 is 0 Å². The number of allylic oxidation sites excluding steroid dienone is 1. The number of carbonyl (C=O) groups is 2. The van der Waals surface area contributed by atoms with Crippen molar-refractivity contribution in [1.82, 2.24) is 5.32 Å². The molecule has 8 aliphatic carbocycles. The van der Waals surface area contributed by atoms with Crippen molar-refractivity contribution in [3.8, 4) is 0 Å².